The van der Waals surface area contributed by atoms with Crippen LogP contribution in [0.1, 0.15) is 58.8 Å². The maximum absolute atomic E-state index is 12.0. The van der Waals surface area contributed by atoms with E-state index in [4.69, 9.17) is 0 Å². The van der Waals surface area contributed by atoms with Crippen molar-refractivity contribution in [1.82, 2.24) is 10.2 Å². The first-order valence-electron chi connectivity index (χ1n) is 7.29. The van der Waals surface area contributed by atoms with Crippen molar-refractivity contribution in [3.8, 4) is 0 Å². The third-order valence-corrected chi connectivity index (χ3v) is 3.47. The van der Waals surface area contributed by atoms with Gasteiger partial charge < -0.3 is 10.2 Å². The Morgan fingerprint density at radius 1 is 1.18 bits per heavy atom. The molecule has 0 saturated heterocycles. The fourth-order valence-electron chi connectivity index (χ4n) is 2.57. The van der Waals surface area contributed by atoms with Crippen molar-refractivity contribution >= 4 is 5.91 Å². The lowest BCUT2D eigenvalue weighted by molar-refractivity contribution is -0.131. The zero-order valence-corrected chi connectivity index (χ0v) is 11.5. The fourth-order valence-corrected chi connectivity index (χ4v) is 2.57. The van der Waals surface area contributed by atoms with Crippen LogP contribution in [0.4, 0.5) is 0 Å². The summed E-state index contributed by atoms with van der Waals surface area (Å²) in [7, 11) is 0. The van der Waals surface area contributed by atoms with Gasteiger partial charge in [0.25, 0.3) is 0 Å². The van der Waals surface area contributed by atoms with Gasteiger partial charge in [-0.25, -0.2) is 0 Å². The van der Waals surface area contributed by atoms with E-state index < -0.39 is 0 Å². The summed E-state index contributed by atoms with van der Waals surface area (Å²) >= 11 is 0. The number of nitrogens with one attached hydrogen (secondary N) is 1. The van der Waals surface area contributed by atoms with Gasteiger partial charge in [0, 0.05) is 32.1 Å². The minimum Gasteiger partial charge on any atom is -0.343 e. The van der Waals surface area contributed by atoms with Crippen molar-refractivity contribution in [1.29, 1.82) is 0 Å². The first kappa shape index (κ1) is 14.5. The molecule has 1 saturated carbocycles. The number of carbonyl (C=O) groups is 1. The molecular formula is C14H28N2O. The van der Waals surface area contributed by atoms with Gasteiger partial charge in [-0.2, -0.15) is 0 Å². The number of amides is 1. The van der Waals surface area contributed by atoms with Crippen molar-refractivity contribution in [3.05, 3.63) is 0 Å². The van der Waals surface area contributed by atoms with E-state index in [9.17, 15) is 4.79 Å². The van der Waals surface area contributed by atoms with Gasteiger partial charge in [0.05, 0.1) is 0 Å². The van der Waals surface area contributed by atoms with Gasteiger partial charge in [-0.15, -0.1) is 0 Å². The Labute approximate surface area is 106 Å². The van der Waals surface area contributed by atoms with Crippen LogP contribution in [0.2, 0.25) is 0 Å². The maximum atomic E-state index is 12.0. The van der Waals surface area contributed by atoms with E-state index in [2.05, 4.69) is 19.2 Å². The Hall–Kier alpha value is -0.570. The lowest BCUT2D eigenvalue weighted by Gasteiger charge is -2.22. The topological polar surface area (TPSA) is 32.3 Å². The Morgan fingerprint density at radius 3 is 2.29 bits per heavy atom. The van der Waals surface area contributed by atoms with Gasteiger partial charge in [0.1, 0.15) is 0 Å². The van der Waals surface area contributed by atoms with Crippen molar-refractivity contribution in [2.45, 2.75) is 64.8 Å². The molecule has 0 aromatic carbocycles. The van der Waals surface area contributed by atoms with Crippen molar-refractivity contribution in [3.63, 3.8) is 0 Å². The van der Waals surface area contributed by atoms with E-state index in [1.165, 1.54) is 25.7 Å². The standard InChI is InChI=1S/C14H28N2O/c1-3-11-16(12-4-2)14(17)9-10-15-13-7-5-6-8-13/h13,15H,3-12H2,1-2H3. The highest BCUT2D eigenvalue weighted by atomic mass is 16.2. The van der Waals surface area contributed by atoms with Crippen LogP contribution in [0.5, 0.6) is 0 Å². The van der Waals surface area contributed by atoms with E-state index in [-0.39, 0.29) is 0 Å². The molecule has 1 fully saturated rings. The number of rotatable bonds is 8. The maximum Gasteiger partial charge on any atom is 0.223 e. The molecule has 0 bridgehead atoms. The lowest BCUT2D eigenvalue weighted by atomic mass is 10.2. The molecule has 0 aromatic rings. The third kappa shape index (κ3) is 5.53. The minimum absolute atomic E-state index is 0.319. The molecule has 0 spiro atoms. The number of nitrogens with zero attached hydrogens (tertiary/aromatic N) is 1. The Morgan fingerprint density at radius 2 is 1.76 bits per heavy atom. The second-order valence-electron chi connectivity index (χ2n) is 5.07. The molecule has 1 amide bonds. The highest BCUT2D eigenvalue weighted by Crippen LogP contribution is 2.17. The molecule has 1 N–H and O–H groups in total. The molecule has 0 unspecified atom stereocenters. The van der Waals surface area contributed by atoms with Gasteiger partial charge in [0.15, 0.2) is 0 Å². The van der Waals surface area contributed by atoms with Crippen molar-refractivity contribution in [2.75, 3.05) is 19.6 Å². The molecule has 0 radical (unpaired) electrons. The van der Waals surface area contributed by atoms with Gasteiger partial charge >= 0.3 is 0 Å². The molecule has 0 heterocycles. The minimum atomic E-state index is 0.319. The zero-order valence-electron chi connectivity index (χ0n) is 11.5. The van der Waals surface area contributed by atoms with Crippen LogP contribution in [-0.2, 0) is 4.79 Å². The van der Waals surface area contributed by atoms with Crippen LogP contribution < -0.4 is 5.32 Å². The van der Waals surface area contributed by atoms with E-state index in [1.807, 2.05) is 4.90 Å². The fraction of sp³-hybridized carbons (Fsp3) is 0.929. The van der Waals surface area contributed by atoms with Gasteiger partial charge in [0.2, 0.25) is 5.91 Å². The summed E-state index contributed by atoms with van der Waals surface area (Å²) in [6.45, 7) is 6.94. The summed E-state index contributed by atoms with van der Waals surface area (Å²) in [5, 5.41) is 3.50. The van der Waals surface area contributed by atoms with E-state index in [0.29, 0.717) is 18.4 Å². The molecule has 100 valence electrons. The first-order valence-corrected chi connectivity index (χ1v) is 7.29. The predicted octanol–water partition coefficient (Wildman–Crippen LogP) is 2.56. The third-order valence-electron chi connectivity index (χ3n) is 3.47. The Kier molecular flexibility index (Phi) is 7.25. The van der Waals surface area contributed by atoms with Crippen molar-refractivity contribution < 1.29 is 4.79 Å². The summed E-state index contributed by atoms with van der Waals surface area (Å²) in [6.07, 6.45) is 8.07. The summed E-state index contributed by atoms with van der Waals surface area (Å²) in [6, 6.07) is 0.675. The van der Waals surface area contributed by atoms with E-state index >= 15 is 0 Å². The SMILES string of the molecule is CCCN(CCC)C(=O)CCNC1CCCC1. The van der Waals surface area contributed by atoms with Gasteiger partial charge in [-0.05, 0) is 25.7 Å². The second kappa shape index (κ2) is 8.51. The van der Waals surface area contributed by atoms with Crippen LogP contribution in [0, 0.1) is 0 Å². The number of carbonyl (C=O) groups excluding carboxylic acids is 1. The molecule has 0 aliphatic heterocycles. The Balaban J connectivity index is 2.16. The molecule has 1 aliphatic carbocycles. The Bertz CT molecular complexity index is 206. The molecule has 3 heteroatoms. The van der Waals surface area contributed by atoms with Crippen LogP contribution in [0.15, 0.2) is 0 Å². The van der Waals surface area contributed by atoms with Crippen molar-refractivity contribution in [2.24, 2.45) is 0 Å². The molecule has 3 nitrogen and oxygen atoms in total. The monoisotopic (exact) mass is 240 g/mol. The number of hydrogen-bond donors (Lipinski definition) is 1. The van der Waals surface area contributed by atoms with Crippen LogP contribution >= 0.6 is 0 Å². The largest absolute Gasteiger partial charge is 0.343 e. The predicted molar refractivity (Wildman–Crippen MR) is 72.0 cm³/mol. The lowest BCUT2D eigenvalue weighted by Crippen LogP contribution is -2.36. The highest BCUT2D eigenvalue weighted by molar-refractivity contribution is 5.76. The van der Waals surface area contributed by atoms with Crippen LogP contribution in [-0.4, -0.2) is 36.5 Å². The quantitative estimate of drug-likeness (QED) is 0.707. The normalized spacial score (nSPS) is 16.4. The molecule has 0 aromatic heterocycles. The first-order chi connectivity index (χ1) is 8.27. The molecule has 0 atom stereocenters. The van der Waals surface area contributed by atoms with E-state index in [1.54, 1.807) is 0 Å². The number of hydrogen-bond acceptors (Lipinski definition) is 2. The molecular weight excluding hydrogens is 212 g/mol. The second-order valence-corrected chi connectivity index (χ2v) is 5.07. The summed E-state index contributed by atoms with van der Waals surface area (Å²) in [5.74, 6) is 0.319. The van der Waals surface area contributed by atoms with Gasteiger partial charge in [-0.3, -0.25) is 4.79 Å². The van der Waals surface area contributed by atoms with E-state index in [0.717, 1.165) is 32.5 Å². The highest BCUT2D eigenvalue weighted by Gasteiger charge is 2.15. The average molecular weight is 240 g/mol. The summed E-state index contributed by atoms with van der Waals surface area (Å²) < 4.78 is 0. The molecule has 1 aliphatic rings. The molecule has 17 heavy (non-hydrogen) atoms. The van der Waals surface area contributed by atoms with Gasteiger partial charge in [-0.1, -0.05) is 26.7 Å². The van der Waals surface area contributed by atoms with Crippen LogP contribution in [0.25, 0.3) is 0 Å². The summed E-state index contributed by atoms with van der Waals surface area (Å²) in [4.78, 5) is 14.0. The summed E-state index contributed by atoms with van der Waals surface area (Å²) in [5.41, 5.74) is 0. The molecule has 1 rings (SSSR count). The average Bonchev–Trinajstić information content (AvgIpc) is 2.81. The smallest absolute Gasteiger partial charge is 0.223 e. The zero-order chi connectivity index (χ0) is 12.5. The van der Waals surface area contributed by atoms with Crippen LogP contribution in [0.3, 0.4) is 0 Å².